The predicted molar refractivity (Wildman–Crippen MR) is 103 cm³/mol. The van der Waals surface area contributed by atoms with Crippen LogP contribution in [0.15, 0.2) is 48.5 Å². The van der Waals surface area contributed by atoms with E-state index in [0.717, 1.165) is 0 Å². The third-order valence-electron chi connectivity index (χ3n) is 4.44. The highest BCUT2D eigenvalue weighted by molar-refractivity contribution is 6.47. The van der Waals surface area contributed by atoms with E-state index >= 15 is 0 Å². The maximum atomic E-state index is 12.4. The van der Waals surface area contributed by atoms with Crippen molar-refractivity contribution >= 4 is 25.0 Å². The fraction of sp³-hybridized carbons (Fsp3) is 0.250. The second-order valence-electron chi connectivity index (χ2n) is 6.82. The van der Waals surface area contributed by atoms with Crippen LogP contribution < -0.4 is 9.97 Å². The lowest BCUT2D eigenvalue weighted by molar-refractivity contribution is -0.154. The van der Waals surface area contributed by atoms with Crippen molar-refractivity contribution in [1.82, 2.24) is 5.32 Å². The van der Waals surface area contributed by atoms with E-state index in [1.54, 1.807) is 18.2 Å². The number of alkyl halides is 3. The predicted octanol–water partition coefficient (Wildman–Crippen LogP) is 2.05. The molecule has 0 saturated heterocycles. The fourth-order valence-electron chi connectivity index (χ4n) is 3.02. The molecule has 32 heavy (non-hydrogen) atoms. The molecule has 1 aliphatic heterocycles. The maximum absolute atomic E-state index is 12.4. The van der Waals surface area contributed by atoms with E-state index in [1.807, 2.05) is 0 Å². The van der Waals surface area contributed by atoms with Crippen molar-refractivity contribution in [3.8, 4) is 5.75 Å². The largest absolute Gasteiger partial charge is 0.547 e. The number of benzene rings is 2. The van der Waals surface area contributed by atoms with E-state index in [2.05, 4.69) is 5.32 Å². The van der Waals surface area contributed by atoms with Crippen LogP contribution in [-0.4, -0.2) is 48.9 Å². The molecular weight excluding hydrogens is 434 g/mol. The minimum atomic E-state index is -4.69. The standard InChI is InChI=1S/C20H17BF3NO7/c22-20(23,24)10-16(26)25-15-9-13-7-4-8-14(17(13)32-21(15)29)19(28)31-11-30-18(27)12-5-2-1-3-6-12/h1-8,15,29H,9-11H2,(H,25,26)/t15-/m0/s1. The van der Waals surface area contributed by atoms with Crippen LogP contribution in [0.2, 0.25) is 0 Å². The molecule has 0 aliphatic carbocycles. The van der Waals surface area contributed by atoms with Crippen LogP contribution in [0.25, 0.3) is 0 Å². The second kappa shape index (κ2) is 9.73. The molecule has 0 fully saturated rings. The smallest absolute Gasteiger partial charge is 0.534 e. The first-order valence-electron chi connectivity index (χ1n) is 9.36. The normalized spacial score (nSPS) is 15.2. The number of esters is 2. The molecule has 2 aromatic carbocycles. The van der Waals surface area contributed by atoms with Gasteiger partial charge in [0.1, 0.15) is 17.7 Å². The van der Waals surface area contributed by atoms with E-state index in [4.69, 9.17) is 14.1 Å². The molecule has 12 heteroatoms. The zero-order chi connectivity index (χ0) is 23.3. The van der Waals surface area contributed by atoms with Gasteiger partial charge >= 0.3 is 25.2 Å². The first-order chi connectivity index (χ1) is 15.1. The highest BCUT2D eigenvalue weighted by atomic mass is 19.4. The Morgan fingerprint density at radius 1 is 1.06 bits per heavy atom. The lowest BCUT2D eigenvalue weighted by Crippen LogP contribution is -2.53. The Hall–Kier alpha value is -3.54. The molecule has 0 bridgehead atoms. The average molecular weight is 451 g/mol. The third kappa shape index (κ3) is 6.00. The van der Waals surface area contributed by atoms with Crippen LogP contribution in [0.4, 0.5) is 13.2 Å². The lowest BCUT2D eigenvalue weighted by atomic mass is 9.72. The van der Waals surface area contributed by atoms with Gasteiger partial charge in [0, 0.05) is 0 Å². The Morgan fingerprint density at radius 3 is 2.44 bits per heavy atom. The Bertz CT molecular complexity index is 1000. The zero-order valence-corrected chi connectivity index (χ0v) is 16.4. The topological polar surface area (TPSA) is 111 Å². The first-order valence-corrected chi connectivity index (χ1v) is 9.36. The first kappa shape index (κ1) is 23.1. The Kier molecular flexibility index (Phi) is 7.03. The molecule has 0 saturated carbocycles. The maximum Gasteiger partial charge on any atom is 0.547 e. The van der Waals surface area contributed by atoms with Crippen molar-refractivity contribution in [1.29, 1.82) is 0 Å². The third-order valence-corrected chi connectivity index (χ3v) is 4.44. The van der Waals surface area contributed by atoms with Gasteiger partial charge in [0.15, 0.2) is 0 Å². The van der Waals surface area contributed by atoms with Crippen molar-refractivity contribution in [2.24, 2.45) is 0 Å². The number of carbonyl (C=O) groups is 3. The average Bonchev–Trinajstić information content (AvgIpc) is 2.73. The molecule has 0 aromatic heterocycles. The highest BCUT2D eigenvalue weighted by Crippen LogP contribution is 2.31. The van der Waals surface area contributed by atoms with E-state index in [9.17, 15) is 32.6 Å². The van der Waals surface area contributed by atoms with Gasteiger partial charge < -0.3 is 24.5 Å². The summed E-state index contributed by atoms with van der Waals surface area (Å²) in [6, 6.07) is 12.4. The summed E-state index contributed by atoms with van der Waals surface area (Å²) in [7, 11) is -1.69. The van der Waals surface area contributed by atoms with Gasteiger partial charge in [-0.2, -0.15) is 13.2 Å². The summed E-state index contributed by atoms with van der Waals surface area (Å²) in [6.07, 6.45) is -6.47. The Labute approximate surface area is 180 Å². The molecule has 2 N–H and O–H groups in total. The van der Waals surface area contributed by atoms with Crippen molar-refractivity contribution in [3.05, 3.63) is 65.2 Å². The number of halogens is 3. The van der Waals surface area contributed by atoms with Crippen LogP contribution in [0.1, 0.15) is 32.7 Å². The molecule has 1 atom stereocenters. The molecule has 1 heterocycles. The lowest BCUT2D eigenvalue weighted by Gasteiger charge is -2.29. The van der Waals surface area contributed by atoms with Gasteiger partial charge in [-0.25, -0.2) is 9.59 Å². The minimum Gasteiger partial charge on any atom is -0.534 e. The fourth-order valence-corrected chi connectivity index (χ4v) is 3.02. The van der Waals surface area contributed by atoms with E-state index in [0.29, 0.717) is 5.56 Å². The monoisotopic (exact) mass is 451 g/mol. The molecule has 1 amide bonds. The molecule has 0 radical (unpaired) electrons. The van der Waals surface area contributed by atoms with E-state index in [-0.39, 0.29) is 23.3 Å². The molecule has 1 aliphatic rings. The molecule has 8 nitrogen and oxygen atoms in total. The number of nitrogens with one attached hydrogen (secondary N) is 1. The SMILES string of the molecule is O=C(CC(F)(F)F)N[C@H]1Cc2cccc(C(=O)OCOC(=O)c3ccccc3)c2OB1O. The molecule has 2 aromatic rings. The summed E-state index contributed by atoms with van der Waals surface area (Å²) in [5, 5.41) is 12.2. The van der Waals surface area contributed by atoms with Gasteiger partial charge in [0.25, 0.3) is 0 Å². The number of rotatable bonds is 6. The van der Waals surface area contributed by atoms with Crippen molar-refractivity contribution < 1.29 is 46.7 Å². The molecule has 0 unspecified atom stereocenters. The number of ether oxygens (including phenoxy) is 2. The summed E-state index contributed by atoms with van der Waals surface area (Å²) >= 11 is 0. The van der Waals surface area contributed by atoms with Crippen LogP contribution >= 0.6 is 0 Å². The van der Waals surface area contributed by atoms with Gasteiger partial charge in [-0.1, -0.05) is 30.3 Å². The zero-order valence-electron chi connectivity index (χ0n) is 16.4. The Balaban J connectivity index is 1.61. The summed E-state index contributed by atoms with van der Waals surface area (Å²) in [6.45, 7) is -0.672. The van der Waals surface area contributed by atoms with Crippen molar-refractivity contribution in [2.75, 3.05) is 6.79 Å². The van der Waals surface area contributed by atoms with Gasteiger partial charge in [-0.3, -0.25) is 4.79 Å². The van der Waals surface area contributed by atoms with Gasteiger partial charge in [0.2, 0.25) is 12.7 Å². The number of para-hydroxylation sites is 1. The Morgan fingerprint density at radius 2 is 1.75 bits per heavy atom. The number of carbonyl (C=O) groups excluding carboxylic acids is 3. The highest BCUT2D eigenvalue weighted by Gasteiger charge is 2.40. The van der Waals surface area contributed by atoms with Crippen molar-refractivity contribution in [3.63, 3.8) is 0 Å². The van der Waals surface area contributed by atoms with Crippen LogP contribution in [0.5, 0.6) is 5.75 Å². The van der Waals surface area contributed by atoms with Crippen molar-refractivity contribution in [2.45, 2.75) is 25.0 Å². The number of hydrogen-bond donors (Lipinski definition) is 2. The number of amides is 1. The quantitative estimate of drug-likeness (QED) is 0.393. The van der Waals surface area contributed by atoms with Crippen LogP contribution in [-0.2, 0) is 20.7 Å². The molecule has 3 rings (SSSR count). The second-order valence-corrected chi connectivity index (χ2v) is 6.82. The summed E-state index contributed by atoms with van der Waals surface area (Å²) in [5.74, 6) is -4.10. The molecule has 168 valence electrons. The molecular formula is C20H17BF3NO7. The minimum absolute atomic E-state index is 0.0410. The van der Waals surface area contributed by atoms with Gasteiger partial charge in [0.05, 0.1) is 11.5 Å². The summed E-state index contributed by atoms with van der Waals surface area (Å²) in [5.41, 5.74) is 0.548. The number of hydrogen-bond acceptors (Lipinski definition) is 7. The van der Waals surface area contributed by atoms with E-state index < -0.39 is 50.3 Å². The summed E-state index contributed by atoms with van der Waals surface area (Å²) < 4.78 is 52.1. The van der Waals surface area contributed by atoms with Gasteiger partial charge in [-0.15, -0.1) is 0 Å². The molecule has 0 spiro atoms. The van der Waals surface area contributed by atoms with Crippen LogP contribution in [0.3, 0.4) is 0 Å². The van der Waals surface area contributed by atoms with Gasteiger partial charge in [-0.05, 0) is 30.2 Å². The number of fused-ring (bicyclic) bond motifs is 1. The van der Waals surface area contributed by atoms with E-state index in [1.165, 1.54) is 30.3 Å². The summed E-state index contributed by atoms with van der Waals surface area (Å²) in [4.78, 5) is 35.8. The van der Waals surface area contributed by atoms with Crippen LogP contribution in [0, 0.1) is 0 Å².